The average Bonchev–Trinajstić information content (AvgIpc) is 3.41. The van der Waals surface area contributed by atoms with Crippen LogP contribution < -0.4 is 9.47 Å². The average molecular weight is 615 g/mol. The maximum Gasteiger partial charge on any atom is 0.161 e. The molecule has 240 valence electrons. The molecule has 0 bridgehead atoms. The summed E-state index contributed by atoms with van der Waals surface area (Å²) >= 11 is 0. The zero-order valence-corrected chi connectivity index (χ0v) is 27.1. The Morgan fingerprint density at radius 1 is 0.378 bits per heavy atom. The van der Waals surface area contributed by atoms with Crippen molar-refractivity contribution in [3.05, 3.63) is 94.0 Å². The molecule has 7 rings (SSSR count). The van der Waals surface area contributed by atoms with Crippen molar-refractivity contribution in [2.45, 2.75) is 43.9 Å². The van der Waals surface area contributed by atoms with Gasteiger partial charge in [0.05, 0.1) is 66.1 Å². The molecule has 0 amide bonds. The van der Waals surface area contributed by atoms with Gasteiger partial charge in [-0.05, 0) is 45.5 Å². The lowest BCUT2D eigenvalue weighted by atomic mass is 9.52. The molecule has 3 aromatic rings. The van der Waals surface area contributed by atoms with E-state index in [1.54, 1.807) is 0 Å². The van der Waals surface area contributed by atoms with E-state index in [9.17, 15) is 0 Å². The summed E-state index contributed by atoms with van der Waals surface area (Å²) in [6, 6.07) is 22.7. The van der Waals surface area contributed by atoms with Crippen LogP contribution in [0.5, 0.6) is 11.5 Å². The third kappa shape index (κ3) is 4.35. The molecule has 4 atom stereocenters. The number of hydrogen-bond acceptors (Lipinski definition) is 7. The molecule has 4 aliphatic rings. The maximum atomic E-state index is 6.46. The SMILES string of the molecule is CC12c3ccccc3[C@@]3(C)c4cc5c(cc4[C@@](C)(c4ccccc41)C23C)OCCOCCOCCOCCOCCOCCO5. The smallest absolute Gasteiger partial charge is 0.161 e. The lowest BCUT2D eigenvalue weighted by Crippen LogP contribution is -2.51. The number of hydrogen-bond donors (Lipinski definition) is 0. The van der Waals surface area contributed by atoms with Crippen molar-refractivity contribution in [3.8, 4) is 11.5 Å². The van der Waals surface area contributed by atoms with E-state index in [-0.39, 0.29) is 21.7 Å². The quantitative estimate of drug-likeness (QED) is 0.317. The fraction of sp³-hybridized carbons (Fsp3) is 0.526. The predicted molar refractivity (Wildman–Crippen MR) is 172 cm³/mol. The Bertz CT molecular complexity index is 1430. The van der Waals surface area contributed by atoms with Crippen molar-refractivity contribution in [2.24, 2.45) is 5.41 Å². The molecule has 1 aliphatic heterocycles. The van der Waals surface area contributed by atoms with Crippen LogP contribution in [0.15, 0.2) is 60.7 Å². The molecule has 0 spiro atoms. The number of ether oxygens (including phenoxy) is 7. The Labute approximate surface area is 267 Å². The van der Waals surface area contributed by atoms with E-state index in [1.807, 2.05) is 0 Å². The predicted octanol–water partition coefficient (Wildman–Crippen LogP) is 5.81. The highest BCUT2D eigenvalue weighted by molar-refractivity contribution is 5.77. The molecule has 0 N–H and O–H groups in total. The van der Waals surface area contributed by atoms with Crippen molar-refractivity contribution in [1.29, 1.82) is 0 Å². The van der Waals surface area contributed by atoms with Crippen LogP contribution in [0.2, 0.25) is 0 Å². The summed E-state index contributed by atoms with van der Waals surface area (Å²) in [6.07, 6.45) is 0. The van der Waals surface area contributed by atoms with Gasteiger partial charge in [-0.15, -0.1) is 0 Å². The third-order valence-corrected chi connectivity index (χ3v) is 11.6. The Kier molecular flexibility index (Phi) is 8.20. The van der Waals surface area contributed by atoms with Crippen LogP contribution >= 0.6 is 0 Å². The normalized spacial score (nSPS) is 32.1. The van der Waals surface area contributed by atoms with E-state index >= 15 is 0 Å². The van der Waals surface area contributed by atoms with E-state index in [0.717, 1.165) is 11.5 Å². The Morgan fingerprint density at radius 3 is 0.956 bits per heavy atom. The molecule has 2 unspecified atom stereocenters. The van der Waals surface area contributed by atoms with Crippen molar-refractivity contribution >= 4 is 0 Å². The lowest BCUT2D eigenvalue weighted by Gasteiger charge is -2.49. The van der Waals surface area contributed by atoms with Crippen LogP contribution in [0, 0.1) is 5.41 Å². The van der Waals surface area contributed by atoms with Crippen molar-refractivity contribution in [1.82, 2.24) is 0 Å². The minimum absolute atomic E-state index is 0.154. The van der Waals surface area contributed by atoms with Gasteiger partial charge in [-0.2, -0.15) is 0 Å². The molecule has 0 aromatic heterocycles. The topological polar surface area (TPSA) is 64.6 Å². The first-order valence-corrected chi connectivity index (χ1v) is 16.4. The van der Waals surface area contributed by atoms with Crippen LogP contribution in [-0.4, -0.2) is 79.3 Å². The van der Waals surface area contributed by atoms with Gasteiger partial charge < -0.3 is 33.2 Å². The van der Waals surface area contributed by atoms with Crippen LogP contribution in [0.25, 0.3) is 0 Å². The van der Waals surface area contributed by atoms with Gasteiger partial charge in [0, 0.05) is 21.7 Å². The number of fused-ring (bicyclic) bond motifs is 10. The van der Waals surface area contributed by atoms with Gasteiger partial charge in [0.2, 0.25) is 0 Å². The standard InChI is InChI=1S/C38H46O7/c1-35-27-9-5-7-11-29(27)36(2)31-25-33-34(26-32(31)37(3,38(35,36)4)30-12-8-6-10-28(30)35)45-24-22-43-20-18-41-16-14-39-13-15-40-17-19-42-21-23-44-33/h5-12,25-26H,13-24H2,1-4H3/t35?,36-,37+,38?. The Morgan fingerprint density at radius 2 is 0.644 bits per heavy atom. The van der Waals surface area contributed by atoms with Gasteiger partial charge in [0.25, 0.3) is 0 Å². The number of rotatable bonds is 0. The third-order valence-electron chi connectivity index (χ3n) is 11.6. The van der Waals surface area contributed by atoms with Crippen molar-refractivity contribution < 1.29 is 33.2 Å². The molecule has 0 radical (unpaired) electrons. The molecular weight excluding hydrogens is 568 g/mol. The van der Waals surface area contributed by atoms with E-state index in [2.05, 4.69) is 88.4 Å². The van der Waals surface area contributed by atoms with Gasteiger partial charge in [-0.3, -0.25) is 0 Å². The largest absolute Gasteiger partial charge is 0.487 e. The highest BCUT2D eigenvalue weighted by atomic mass is 16.6. The molecule has 45 heavy (non-hydrogen) atoms. The van der Waals surface area contributed by atoms with Gasteiger partial charge in [0.1, 0.15) is 13.2 Å². The number of benzene rings is 3. The summed E-state index contributed by atoms with van der Waals surface area (Å²) < 4.78 is 41.4. The fourth-order valence-electron chi connectivity index (χ4n) is 9.28. The first-order chi connectivity index (χ1) is 21.9. The van der Waals surface area contributed by atoms with E-state index < -0.39 is 0 Å². The maximum absolute atomic E-state index is 6.46. The van der Waals surface area contributed by atoms with Crippen molar-refractivity contribution in [2.75, 3.05) is 79.3 Å². The van der Waals surface area contributed by atoms with Gasteiger partial charge >= 0.3 is 0 Å². The monoisotopic (exact) mass is 614 g/mol. The zero-order chi connectivity index (χ0) is 31.1. The summed E-state index contributed by atoms with van der Waals surface area (Å²) in [6.45, 7) is 15.8. The molecule has 7 nitrogen and oxygen atoms in total. The second kappa shape index (κ2) is 12.0. The summed E-state index contributed by atoms with van der Waals surface area (Å²) in [4.78, 5) is 0. The minimum Gasteiger partial charge on any atom is -0.487 e. The van der Waals surface area contributed by atoms with Crippen LogP contribution in [0.1, 0.15) is 61.1 Å². The second-order valence-electron chi connectivity index (χ2n) is 13.2. The summed E-state index contributed by atoms with van der Waals surface area (Å²) in [5, 5.41) is 0. The second-order valence-corrected chi connectivity index (χ2v) is 13.2. The van der Waals surface area contributed by atoms with Crippen LogP contribution in [0.4, 0.5) is 0 Å². The van der Waals surface area contributed by atoms with E-state index in [1.165, 1.54) is 33.4 Å². The lowest BCUT2D eigenvalue weighted by molar-refractivity contribution is -0.0134. The first-order valence-electron chi connectivity index (χ1n) is 16.4. The molecule has 3 aliphatic carbocycles. The van der Waals surface area contributed by atoms with Crippen LogP contribution in [0.3, 0.4) is 0 Å². The highest BCUT2D eigenvalue weighted by Crippen LogP contribution is 2.82. The fourth-order valence-corrected chi connectivity index (χ4v) is 9.28. The molecule has 0 saturated heterocycles. The summed E-state index contributed by atoms with van der Waals surface area (Å²) in [7, 11) is 0. The molecule has 0 fully saturated rings. The van der Waals surface area contributed by atoms with Crippen molar-refractivity contribution in [3.63, 3.8) is 0 Å². The highest BCUT2D eigenvalue weighted by Gasteiger charge is 2.79. The molecule has 0 saturated carbocycles. The first kappa shape index (κ1) is 30.7. The zero-order valence-electron chi connectivity index (χ0n) is 27.1. The van der Waals surface area contributed by atoms with Crippen LogP contribution in [-0.2, 0) is 39.9 Å². The molecule has 3 aromatic carbocycles. The van der Waals surface area contributed by atoms with Gasteiger partial charge in [-0.25, -0.2) is 0 Å². The van der Waals surface area contributed by atoms with E-state index in [4.69, 9.17) is 33.2 Å². The van der Waals surface area contributed by atoms with Gasteiger partial charge in [0.15, 0.2) is 11.5 Å². The Hall–Kier alpha value is -2.94. The van der Waals surface area contributed by atoms with Gasteiger partial charge in [-0.1, -0.05) is 76.2 Å². The minimum atomic E-state index is -0.248. The summed E-state index contributed by atoms with van der Waals surface area (Å²) in [5.74, 6) is 1.49. The van der Waals surface area contributed by atoms with E-state index in [0.29, 0.717) is 79.3 Å². The molecular formula is C38H46O7. The molecule has 7 heteroatoms. The molecule has 1 heterocycles. The Balaban J connectivity index is 1.27. The summed E-state index contributed by atoms with van der Waals surface area (Å²) in [5.41, 5.74) is 7.49.